The van der Waals surface area contributed by atoms with E-state index in [-0.39, 0.29) is 46.4 Å². The molecule has 0 bridgehead atoms. The molecule has 0 saturated heterocycles. The fourth-order valence-electron chi connectivity index (χ4n) is 2.56. The summed E-state index contributed by atoms with van der Waals surface area (Å²) >= 11 is 0. The molecule has 2 rings (SSSR count). The predicted octanol–water partition coefficient (Wildman–Crippen LogP) is 1.94. The van der Waals surface area contributed by atoms with Crippen LogP contribution >= 0.6 is 0 Å². The molecule has 0 saturated carbocycles. The van der Waals surface area contributed by atoms with Crippen LogP contribution in [0.5, 0.6) is 5.75 Å². The molecular weight excluding hydrogens is 376 g/mol. The van der Waals surface area contributed by atoms with E-state index in [0.29, 0.717) is 5.69 Å². The van der Waals surface area contributed by atoms with Crippen LogP contribution in [0.1, 0.15) is 24.7 Å². The highest BCUT2D eigenvalue weighted by atomic mass is 32.2. The molecule has 1 amide bonds. The van der Waals surface area contributed by atoms with E-state index < -0.39 is 20.7 Å². The molecule has 0 spiro atoms. The van der Waals surface area contributed by atoms with E-state index in [4.69, 9.17) is 0 Å². The fraction of sp³-hybridized carbons (Fsp3) is 0.375. The Morgan fingerprint density at radius 1 is 1.37 bits per heavy atom. The highest BCUT2D eigenvalue weighted by Gasteiger charge is 2.22. The number of aromatic hydroxyl groups is 1. The number of amides is 1. The second kappa shape index (κ2) is 7.74. The van der Waals surface area contributed by atoms with Gasteiger partial charge in [0.1, 0.15) is 17.1 Å². The summed E-state index contributed by atoms with van der Waals surface area (Å²) in [6.07, 6.45) is -0.0662. The first-order valence-electron chi connectivity index (χ1n) is 8.10. The van der Waals surface area contributed by atoms with Crippen LogP contribution in [0, 0.1) is 24.0 Å². The number of hydrogen-bond acceptors (Lipinski definition) is 7. The Morgan fingerprint density at radius 3 is 2.59 bits per heavy atom. The first-order valence-corrected chi connectivity index (χ1v) is 9.76. The molecule has 0 atom stereocenters. The van der Waals surface area contributed by atoms with E-state index in [2.05, 4.69) is 10.4 Å². The molecule has 0 unspecified atom stereocenters. The van der Waals surface area contributed by atoms with Crippen molar-refractivity contribution < 1.29 is 23.2 Å². The monoisotopic (exact) mass is 396 g/mol. The zero-order valence-electron chi connectivity index (χ0n) is 15.1. The van der Waals surface area contributed by atoms with Crippen molar-refractivity contribution >= 4 is 27.1 Å². The van der Waals surface area contributed by atoms with Gasteiger partial charge in [-0.2, -0.15) is 5.10 Å². The highest BCUT2D eigenvalue weighted by molar-refractivity contribution is 7.91. The third kappa shape index (κ3) is 4.42. The molecule has 1 aromatic carbocycles. The Labute approximate surface area is 155 Å². The molecule has 0 aliphatic rings. The van der Waals surface area contributed by atoms with Crippen molar-refractivity contribution in [3.05, 3.63) is 39.7 Å². The number of phenols is 1. The van der Waals surface area contributed by atoms with Crippen molar-refractivity contribution in [2.45, 2.75) is 38.6 Å². The summed E-state index contributed by atoms with van der Waals surface area (Å²) in [5.74, 6) is -0.867. The third-order valence-electron chi connectivity index (χ3n) is 4.06. The molecule has 27 heavy (non-hydrogen) atoms. The van der Waals surface area contributed by atoms with Crippen molar-refractivity contribution in [2.24, 2.45) is 0 Å². The maximum Gasteiger partial charge on any atom is 0.312 e. The van der Waals surface area contributed by atoms with Crippen LogP contribution in [0.2, 0.25) is 0 Å². The average molecular weight is 396 g/mol. The minimum Gasteiger partial charge on any atom is -0.506 e. The number of anilines is 1. The lowest BCUT2D eigenvalue weighted by atomic mass is 10.2. The second-order valence-electron chi connectivity index (χ2n) is 5.88. The van der Waals surface area contributed by atoms with Gasteiger partial charge < -0.3 is 10.4 Å². The maximum absolute atomic E-state index is 12.2. The van der Waals surface area contributed by atoms with Crippen LogP contribution in [0.25, 0.3) is 0 Å². The molecule has 10 nitrogen and oxygen atoms in total. The van der Waals surface area contributed by atoms with Gasteiger partial charge in [-0.1, -0.05) is 6.92 Å². The number of benzene rings is 1. The molecule has 1 aromatic heterocycles. The van der Waals surface area contributed by atoms with Crippen molar-refractivity contribution in [3.63, 3.8) is 0 Å². The van der Waals surface area contributed by atoms with Gasteiger partial charge in [0.2, 0.25) is 5.91 Å². The molecule has 2 aromatic rings. The minimum absolute atomic E-state index is 0.00716. The van der Waals surface area contributed by atoms with Crippen LogP contribution in [-0.4, -0.2) is 39.9 Å². The summed E-state index contributed by atoms with van der Waals surface area (Å²) in [5.41, 5.74) is 0.483. The van der Waals surface area contributed by atoms with E-state index in [0.717, 1.165) is 0 Å². The number of carbonyl (C=O) groups is 1. The number of hydrogen-bond donors (Lipinski definition) is 2. The van der Waals surface area contributed by atoms with Gasteiger partial charge in [0.15, 0.2) is 9.84 Å². The van der Waals surface area contributed by atoms with Crippen LogP contribution < -0.4 is 5.32 Å². The second-order valence-corrected chi connectivity index (χ2v) is 8.16. The Morgan fingerprint density at radius 2 is 2.04 bits per heavy atom. The number of nitrogens with zero attached hydrogens (tertiary/aromatic N) is 3. The summed E-state index contributed by atoms with van der Waals surface area (Å²) in [6.45, 7) is 4.65. The van der Waals surface area contributed by atoms with Crippen LogP contribution in [0.3, 0.4) is 0 Å². The topological polar surface area (TPSA) is 144 Å². The molecule has 0 aliphatic carbocycles. The largest absolute Gasteiger partial charge is 0.506 e. The molecule has 11 heteroatoms. The lowest BCUT2D eigenvalue weighted by Gasteiger charge is -2.10. The average Bonchev–Trinajstić information content (AvgIpc) is 2.88. The van der Waals surface area contributed by atoms with Crippen molar-refractivity contribution in [3.8, 4) is 5.75 Å². The zero-order valence-corrected chi connectivity index (χ0v) is 15.9. The van der Waals surface area contributed by atoms with E-state index in [1.54, 1.807) is 6.92 Å². The zero-order chi connectivity index (χ0) is 20.4. The quantitative estimate of drug-likeness (QED) is 0.413. The van der Waals surface area contributed by atoms with Crippen molar-refractivity contribution in [2.75, 3.05) is 11.1 Å². The van der Waals surface area contributed by atoms with Gasteiger partial charge in [-0.3, -0.25) is 19.6 Å². The van der Waals surface area contributed by atoms with Crippen molar-refractivity contribution in [1.29, 1.82) is 0 Å². The Hall–Kier alpha value is -2.95. The fourth-order valence-corrected chi connectivity index (χ4v) is 3.47. The molecule has 0 fully saturated rings. The number of carbonyl (C=O) groups excluding carboxylic acids is 1. The summed E-state index contributed by atoms with van der Waals surface area (Å²) < 4.78 is 25.2. The molecule has 0 radical (unpaired) electrons. The molecule has 1 heterocycles. The molecular formula is C16H20N4O6S. The first-order chi connectivity index (χ1) is 12.6. The lowest BCUT2D eigenvalue weighted by molar-refractivity contribution is -0.386. The smallest absolute Gasteiger partial charge is 0.312 e. The number of nitrogens with one attached hydrogen (secondary N) is 1. The van der Waals surface area contributed by atoms with E-state index in [1.807, 2.05) is 0 Å². The van der Waals surface area contributed by atoms with Crippen LogP contribution in [0.4, 0.5) is 11.4 Å². The van der Waals surface area contributed by atoms with Gasteiger partial charge in [0.05, 0.1) is 27.8 Å². The third-order valence-corrected chi connectivity index (χ3v) is 5.79. The van der Waals surface area contributed by atoms with Crippen LogP contribution in [-0.2, 0) is 21.2 Å². The number of rotatable bonds is 7. The summed E-state index contributed by atoms with van der Waals surface area (Å²) in [4.78, 5) is 22.6. The molecule has 2 N–H and O–H groups in total. The van der Waals surface area contributed by atoms with Crippen molar-refractivity contribution in [1.82, 2.24) is 9.78 Å². The minimum atomic E-state index is -3.48. The number of aryl methyl sites for hydroxylation is 2. The Kier molecular flexibility index (Phi) is 5.84. The van der Waals surface area contributed by atoms with Gasteiger partial charge in [0.25, 0.3) is 0 Å². The number of aromatic nitrogens is 2. The SMILES string of the molecule is CCS(=O)(=O)c1ccc(O)c(NC(=O)CCn2nc(C)c([N+](=O)[O-])c2C)c1. The van der Waals surface area contributed by atoms with Crippen LogP contribution in [0.15, 0.2) is 23.1 Å². The Balaban J connectivity index is 2.12. The molecule has 146 valence electrons. The van der Waals surface area contributed by atoms with Gasteiger partial charge in [-0.25, -0.2) is 8.42 Å². The van der Waals surface area contributed by atoms with E-state index >= 15 is 0 Å². The van der Waals surface area contributed by atoms with E-state index in [9.17, 15) is 28.4 Å². The van der Waals surface area contributed by atoms with Gasteiger partial charge in [0, 0.05) is 6.42 Å². The lowest BCUT2D eigenvalue weighted by Crippen LogP contribution is -2.16. The normalized spacial score (nSPS) is 11.4. The standard InChI is InChI=1S/C16H20N4O6S/c1-4-27(25,26)12-5-6-14(21)13(9-12)17-15(22)7-8-19-11(3)16(20(23)24)10(2)18-19/h5-6,9,21H,4,7-8H2,1-3H3,(H,17,22). The number of nitro groups is 1. The predicted molar refractivity (Wildman–Crippen MR) is 97.4 cm³/mol. The number of sulfone groups is 1. The van der Waals surface area contributed by atoms with Gasteiger partial charge >= 0.3 is 5.69 Å². The summed E-state index contributed by atoms with van der Waals surface area (Å²) in [6, 6.07) is 3.65. The van der Waals surface area contributed by atoms with E-state index in [1.165, 1.54) is 36.7 Å². The molecule has 0 aliphatic heterocycles. The summed E-state index contributed by atoms with van der Waals surface area (Å²) in [5, 5.41) is 27.4. The van der Waals surface area contributed by atoms with Gasteiger partial charge in [-0.05, 0) is 32.0 Å². The first kappa shape index (κ1) is 20.4. The Bertz CT molecular complexity index is 997. The number of phenolic OH excluding ortho intramolecular Hbond substituents is 1. The highest BCUT2D eigenvalue weighted by Crippen LogP contribution is 2.27. The maximum atomic E-state index is 12.2. The summed E-state index contributed by atoms with van der Waals surface area (Å²) in [7, 11) is -3.48. The van der Waals surface area contributed by atoms with Gasteiger partial charge in [-0.15, -0.1) is 0 Å².